The summed E-state index contributed by atoms with van der Waals surface area (Å²) >= 11 is 0. The summed E-state index contributed by atoms with van der Waals surface area (Å²) in [5.41, 5.74) is -0.987. The summed E-state index contributed by atoms with van der Waals surface area (Å²) in [6, 6.07) is 11.2. The third kappa shape index (κ3) is 5.07. The van der Waals surface area contributed by atoms with Gasteiger partial charge in [-0.1, -0.05) is 13.0 Å². The number of alkyl halides is 6. The number of hydrogen-bond acceptors (Lipinski definition) is 6. The van der Waals surface area contributed by atoms with Gasteiger partial charge < -0.3 is 5.32 Å². The standard InChI is InChI=1S/C25H20F6N6/c1-2-19-35-23(36-19)22-34-18-12-13(20-17(25(29,30)31)4-3-11-32-20)5-10-16(18)21(37-22)33-15-8-6-14(7-9-15)24(26,27)28/h3-12,19,23,35-36H,2H2,1H3,(H,33,34,37). The highest BCUT2D eigenvalue weighted by atomic mass is 19.4. The van der Waals surface area contributed by atoms with Gasteiger partial charge in [0.25, 0.3) is 0 Å². The molecule has 192 valence electrons. The summed E-state index contributed by atoms with van der Waals surface area (Å²) < 4.78 is 79.6. The average molecular weight is 518 g/mol. The SMILES string of the molecule is CCC1NC(c2nc(Nc3ccc(C(F)(F)F)cc3)c3ccc(-c4ncccc4C(F)(F)F)cc3n2)N1. The zero-order valence-corrected chi connectivity index (χ0v) is 19.2. The van der Waals surface area contributed by atoms with Crippen LogP contribution >= 0.6 is 0 Å². The molecule has 37 heavy (non-hydrogen) atoms. The molecule has 0 amide bonds. The second kappa shape index (κ2) is 9.27. The Morgan fingerprint density at radius 3 is 2.27 bits per heavy atom. The summed E-state index contributed by atoms with van der Waals surface area (Å²) in [7, 11) is 0. The molecule has 3 N–H and O–H groups in total. The van der Waals surface area contributed by atoms with Crippen molar-refractivity contribution in [3.63, 3.8) is 0 Å². The number of hydrogen-bond donors (Lipinski definition) is 3. The zero-order chi connectivity index (χ0) is 26.4. The molecule has 0 aliphatic carbocycles. The van der Waals surface area contributed by atoms with Gasteiger partial charge in [0.05, 0.1) is 28.5 Å². The van der Waals surface area contributed by atoms with Crippen molar-refractivity contribution in [3.8, 4) is 11.3 Å². The molecule has 1 aliphatic heterocycles. The van der Waals surface area contributed by atoms with Crippen molar-refractivity contribution >= 4 is 22.4 Å². The van der Waals surface area contributed by atoms with Crippen molar-refractivity contribution in [2.24, 2.45) is 0 Å². The first-order valence-corrected chi connectivity index (χ1v) is 11.3. The van der Waals surface area contributed by atoms with Crippen LogP contribution in [0.2, 0.25) is 0 Å². The summed E-state index contributed by atoms with van der Waals surface area (Å²) in [5.74, 6) is 0.632. The first-order chi connectivity index (χ1) is 17.5. The maximum atomic E-state index is 13.6. The maximum absolute atomic E-state index is 13.6. The molecule has 4 aromatic rings. The fourth-order valence-corrected chi connectivity index (χ4v) is 4.05. The Kier molecular flexibility index (Phi) is 6.24. The minimum Gasteiger partial charge on any atom is -0.340 e. The lowest BCUT2D eigenvalue weighted by Crippen LogP contribution is -2.61. The molecule has 2 aromatic carbocycles. The van der Waals surface area contributed by atoms with Crippen LogP contribution in [0.15, 0.2) is 60.8 Å². The van der Waals surface area contributed by atoms with Crippen molar-refractivity contribution in [3.05, 3.63) is 77.7 Å². The van der Waals surface area contributed by atoms with Crippen LogP contribution < -0.4 is 16.0 Å². The lowest BCUT2D eigenvalue weighted by Gasteiger charge is -2.37. The molecular weight excluding hydrogens is 498 g/mol. The lowest BCUT2D eigenvalue weighted by molar-refractivity contribution is -0.138. The number of nitrogens with one attached hydrogen (secondary N) is 3. The second-order valence-corrected chi connectivity index (χ2v) is 8.49. The summed E-state index contributed by atoms with van der Waals surface area (Å²) in [5, 5.41) is 10.00. The number of anilines is 2. The van der Waals surface area contributed by atoms with E-state index in [1.165, 1.54) is 36.5 Å². The highest BCUT2D eigenvalue weighted by molar-refractivity contribution is 5.93. The van der Waals surface area contributed by atoms with Gasteiger partial charge in [-0.3, -0.25) is 15.6 Å². The van der Waals surface area contributed by atoms with Gasteiger partial charge in [-0.05, 0) is 55.0 Å². The number of rotatable bonds is 5. The predicted octanol–water partition coefficient (Wildman–Crippen LogP) is 6.40. The normalized spacial score (nSPS) is 18.0. The van der Waals surface area contributed by atoms with Crippen LogP contribution in [-0.4, -0.2) is 21.1 Å². The highest BCUT2D eigenvalue weighted by Gasteiger charge is 2.35. The van der Waals surface area contributed by atoms with Crippen molar-refractivity contribution in [1.29, 1.82) is 0 Å². The molecule has 12 heteroatoms. The molecular formula is C25H20F6N6. The number of aromatic nitrogens is 3. The smallest absolute Gasteiger partial charge is 0.340 e. The van der Waals surface area contributed by atoms with E-state index in [-0.39, 0.29) is 17.4 Å². The molecule has 0 saturated carbocycles. The van der Waals surface area contributed by atoms with Gasteiger partial charge in [0.15, 0.2) is 5.82 Å². The Balaban J connectivity index is 1.58. The van der Waals surface area contributed by atoms with Crippen molar-refractivity contribution in [2.45, 2.75) is 38.0 Å². The van der Waals surface area contributed by atoms with E-state index < -0.39 is 29.6 Å². The van der Waals surface area contributed by atoms with Crippen LogP contribution in [0.3, 0.4) is 0 Å². The fraction of sp³-hybridized carbons (Fsp3) is 0.240. The Bertz CT molecular complexity index is 1430. The van der Waals surface area contributed by atoms with Crippen LogP contribution in [-0.2, 0) is 12.4 Å². The number of fused-ring (bicyclic) bond motifs is 1. The molecule has 0 radical (unpaired) electrons. The number of nitrogens with zero attached hydrogens (tertiary/aromatic N) is 3. The van der Waals surface area contributed by atoms with Gasteiger partial charge in [0, 0.05) is 22.8 Å². The van der Waals surface area contributed by atoms with E-state index in [9.17, 15) is 26.3 Å². The van der Waals surface area contributed by atoms with Crippen LogP contribution in [0.1, 0.15) is 36.5 Å². The van der Waals surface area contributed by atoms with Crippen LogP contribution in [0.5, 0.6) is 0 Å². The van der Waals surface area contributed by atoms with Crippen molar-refractivity contribution in [2.75, 3.05) is 5.32 Å². The summed E-state index contributed by atoms with van der Waals surface area (Å²) in [6.07, 6.45) is -7.31. The number of pyridine rings is 1. The van der Waals surface area contributed by atoms with E-state index in [0.29, 0.717) is 28.2 Å². The third-order valence-electron chi connectivity index (χ3n) is 5.98. The molecule has 1 aliphatic rings. The van der Waals surface area contributed by atoms with Gasteiger partial charge in [0.1, 0.15) is 12.0 Å². The monoisotopic (exact) mass is 518 g/mol. The van der Waals surface area contributed by atoms with Crippen molar-refractivity contribution < 1.29 is 26.3 Å². The van der Waals surface area contributed by atoms with E-state index in [2.05, 4.69) is 30.9 Å². The minimum absolute atomic E-state index is 0.0600. The van der Waals surface area contributed by atoms with E-state index in [1.54, 1.807) is 6.07 Å². The van der Waals surface area contributed by atoms with Gasteiger partial charge in [0.2, 0.25) is 0 Å². The highest BCUT2D eigenvalue weighted by Crippen LogP contribution is 2.37. The Labute approximate surface area is 207 Å². The first-order valence-electron chi connectivity index (χ1n) is 11.3. The fourth-order valence-electron chi connectivity index (χ4n) is 4.05. The van der Waals surface area contributed by atoms with Crippen LogP contribution in [0.4, 0.5) is 37.8 Å². The van der Waals surface area contributed by atoms with Gasteiger partial charge in [-0.15, -0.1) is 0 Å². The molecule has 1 saturated heterocycles. The molecule has 3 heterocycles. The topological polar surface area (TPSA) is 74.8 Å². The Morgan fingerprint density at radius 2 is 1.62 bits per heavy atom. The van der Waals surface area contributed by atoms with E-state index in [1.807, 2.05) is 6.92 Å². The molecule has 6 nitrogen and oxygen atoms in total. The molecule has 0 spiro atoms. The number of halogens is 6. The third-order valence-corrected chi connectivity index (χ3v) is 5.98. The van der Waals surface area contributed by atoms with Gasteiger partial charge in [-0.25, -0.2) is 9.97 Å². The summed E-state index contributed by atoms with van der Waals surface area (Å²) in [4.78, 5) is 13.1. The molecule has 5 rings (SSSR count). The van der Waals surface area contributed by atoms with Gasteiger partial charge in [-0.2, -0.15) is 26.3 Å². The summed E-state index contributed by atoms with van der Waals surface area (Å²) in [6.45, 7) is 1.98. The zero-order valence-electron chi connectivity index (χ0n) is 19.2. The van der Waals surface area contributed by atoms with E-state index >= 15 is 0 Å². The van der Waals surface area contributed by atoms with Crippen LogP contribution in [0, 0.1) is 0 Å². The lowest BCUT2D eigenvalue weighted by atomic mass is 10.0. The predicted molar refractivity (Wildman–Crippen MR) is 126 cm³/mol. The van der Waals surface area contributed by atoms with Crippen molar-refractivity contribution in [1.82, 2.24) is 25.6 Å². The van der Waals surface area contributed by atoms with E-state index in [4.69, 9.17) is 0 Å². The van der Waals surface area contributed by atoms with E-state index in [0.717, 1.165) is 24.6 Å². The van der Waals surface area contributed by atoms with Gasteiger partial charge >= 0.3 is 12.4 Å². The number of benzene rings is 2. The molecule has 2 aromatic heterocycles. The first kappa shape index (κ1) is 24.9. The molecule has 0 bridgehead atoms. The average Bonchev–Trinajstić information content (AvgIpc) is 2.82. The second-order valence-electron chi connectivity index (χ2n) is 8.49. The molecule has 1 fully saturated rings. The Morgan fingerprint density at radius 1 is 0.892 bits per heavy atom. The van der Waals surface area contributed by atoms with Crippen LogP contribution in [0.25, 0.3) is 22.2 Å². The quantitative estimate of drug-likeness (QED) is 0.266. The largest absolute Gasteiger partial charge is 0.418 e. The molecule has 0 unspecified atom stereocenters. The minimum atomic E-state index is -4.60. The Hall–Kier alpha value is -3.77. The molecule has 0 atom stereocenters. The maximum Gasteiger partial charge on any atom is 0.418 e.